The van der Waals surface area contributed by atoms with Gasteiger partial charge in [-0.3, -0.25) is 0 Å². The lowest BCUT2D eigenvalue weighted by Gasteiger charge is -2.22. The fraction of sp³-hybridized carbons (Fsp3) is 0.429. The van der Waals surface area contributed by atoms with Crippen molar-refractivity contribution in [1.29, 1.82) is 0 Å². The highest BCUT2D eigenvalue weighted by Crippen LogP contribution is 2.27. The second kappa shape index (κ2) is 5.69. The summed E-state index contributed by atoms with van der Waals surface area (Å²) in [5.74, 6) is 0. The zero-order valence-electron chi connectivity index (χ0n) is 9.59. The molecule has 0 aromatic heterocycles. The Morgan fingerprint density at radius 3 is 2.40 bits per heavy atom. The molecule has 1 aromatic carbocycles. The summed E-state index contributed by atoms with van der Waals surface area (Å²) in [4.78, 5) is 0. The van der Waals surface area contributed by atoms with E-state index in [4.69, 9.17) is 0 Å². The number of rotatable bonds is 5. The maximum Gasteiger partial charge on any atom is 0.0130 e. The predicted octanol–water partition coefficient (Wildman–Crippen LogP) is 4.83. The van der Waals surface area contributed by atoms with Gasteiger partial charge in [0.05, 0.1) is 0 Å². The summed E-state index contributed by atoms with van der Waals surface area (Å²) in [7, 11) is 0. The van der Waals surface area contributed by atoms with E-state index in [0.717, 1.165) is 12.8 Å². The molecule has 0 saturated heterocycles. The van der Waals surface area contributed by atoms with Crippen molar-refractivity contribution >= 4 is 22.6 Å². The van der Waals surface area contributed by atoms with Crippen molar-refractivity contribution < 1.29 is 0 Å². The van der Waals surface area contributed by atoms with E-state index in [-0.39, 0.29) is 0 Å². The van der Waals surface area contributed by atoms with Crippen molar-refractivity contribution in [3.05, 3.63) is 46.1 Å². The second-order valence-electron chi connectivity index (χ2n) is 4.78. The van der Waals surface area contributed by atoms with E-state index in [1.807, 2.05) is 6.08 Å². The molecule has 0 aliphatic rings. The molecule has 1 heteroatoms. The minimum Gasteiger partial charge on any atom is -0.103 e. The molecular formula is C14H19I. The molecule has 0 aliphatic carbocycles. The molecule has 82 valence electrons. The van der Waals surface area contributed by atoms with Crippen LogP contribution in [0, 0.1) is 8.99 Å². The molecule has 0 radical (unpaired) electrons. The van der Waals surface area contributed by atoms with Crippen LogP contribution in [0.25, 0.3) is 0 Å². The number of hydrogen-bond donors (Lipinski definition) is 0. The monoisotopic (exact) mass is 314 g/mol. The van der Waals surface area contributed by atoms with Gasteiger partial charge in [-0.1, -0.05) is 32.1 Å². The molecule has 15 heavy (non-hydrogen) atoms. The Labute approximate surface area is 107 Å². The molecule has 0 bridgehead atoms. The molecular weight excluding hydrogens is 295 g/mol. The van der Waals surface area contributed by atoms with Crippen LogP contribution in [0.1, 0.15) is 32.3 Å². The van der Waals surface area contributed by atoms with E-state index < -0.39 is 0 Å². The van der Waals surface area contributed by atoms with E-state index in [9.17, 15) is 0 Å². The SMILES string of the molecule is C=CCC(C)(C)CCc1ccc(I)cc1. The Morgan fingerprint density at radius 2 is 1.87 bits per heavy atom. The Bertz CT molecular complexity index is 309. The zero-order valence-corrected chi connectivity index (χ0v) is 11.8. The molecule has 0 saturated carbocycles. The number of aryl methyl sites for hydroxylation is 1. The Hall–Kier alpha value is -0.310. The Balaban J connectivity index is 2.49. The molecule has 0 nitrogen and oxygen atoms in total. The number of halogens is 1. The molecule has 0 amide bonds. The van der Waals surface area contributed by atoms with Gasteiger partial charge in [-0.2, -0.15) is 0 Å². The van der Waals surface area contributed by atoms with Crippen LogP contribution in [0.5, 0.6) is 0 Å². The van der Waals surface area contributed by atoms with Crippen molar-refractivity contribution in [1.82, 2.24) is 0 Å². The Kier molecular flexibility index (Phi) is 4.84. The first-order valence-corrected chi connectivity index (χ1v) is 6.47. The molecule has 0 fully saturated rings. The fourth-order valence-electron chi connectivity index (χ4n) is 1.63. The predicted molar refractivity (Wildman–Crippen MR) is 76.1 cm³/mol. The van der Waals surface area contributed by atoms with Crippen LogP contribution in [-0.2, 0) is 6.42 Å². The molecule has 0 unspecified atom stereocenters. The van der Waals surface area contributed by atoms with E-state index in [1.165, 1.54) is 15.6 Å². The van der Waals surface area contributed by atoms with Crippen LogP contribution in [0.4, 0.5) is 0 Å². The third kappa shape index (κ3) is 4.83. The fourth-order valence-corrected chi connectivity index (χ4v) is 1.99. The number of allylic oxidation sites excluding steroid dienone is 1. The lowest BCUT2D eigenvalue weighted by molar-refractivity contribution is 0.340. The summed E-state index contributed by atoms with van der Waals surface area (Å²) in [5.41, 5.74) is 1.82. The third-order valence-corrected chi connectivity index (χ3v) is 3.42. The third-order valence-electron chi connectivity index (χ3n) is 2.70. The maximum atomic E-state index is 3.81. The van der Waals surface area contributed by atoms with E-state index >= 15 is 0 Å². The van der Waals surface area contributed by atoms with E-state index in [2.05, 4.69) is 67.3 Å². The minimum atomic E-state index is 0.380. The molecule has 0 N–H and O–H groups in total. The minimum absolute atomic E-state index is 0.380. The molecule has 1 aromatic rings. The summed E-state index contributed by atoms with van der Waals surface area (Å²) in [6.07, 6.45) is 5.50. The summed E-state index contributed by atoms with van der Waals surface area (Å²) < 4.78 is 1.31. The van der Waals surface area contributed by atoms with Crippen molar-refractivity contribution in [2.75, 3.05) is 0 Å². The van der Waals surface area contributed by atoms with Crippen LogP contribution in [0.2, 0.25) is 0 Å². The van der Waals surface area contributed by atoms with Gasteiger partial charge in [0.25, 0.3) is 0 Å². The smallest absolute Gasteiger partial charge is 0.0130 e. The van der Waals surface area contributed by atoms with Crippen molar-refractivity contribution in [3.8, 4) is 0 Å². The highest BCUT2D eigenvalue weighted by atomic mass is 127. The Morgan fingerprint density at radius 1 is 1.27 bits per heavy atom. The summed E-state index contributed by atoms with van der Waals surface area (Å²) >= 11 is 2.34. The van der Waals surface area contributed by atoms with Gasteiger partial charge in [0.15, 0.2) is 0 Å². The average molecular weight is 314 g/mol. The van der Waals surface area contributed by atoms with Gasteiger partial charge in [-0.15, -0.1) is 6.58 Å². The maximum absolute atomic E-state index is 3.81. The van der Waals surface area contributed by atoms with Gasteiger partial charge in [0.1, 0.15) is 0 Å². The molecule has 1 rings (SSSR count). The van der Waals surface area contributed by atoms with Gasteiger partial charge < -0.3 is 0 Å². The lowest BCUT2D eigenvalue weighted by atomic mass is 9.83. The van der Waals surface area contributed by atoms with Gasteiger partial charge >= 0.3 is 0 Å². The van der Waals surface area contributed by atoms with Gasteiger partial charge in [-0.05, 0) is 65.0 Å². The van der Waals surface area contributed by atoms with Crippen molar-refractivity contribution in [2.45, 2.75) is 33.1 Å². The van der Waals surface area contributed by atoms with Gasteiger partial charge in [-0.25, -0.2) is 0 Å². The second-order valence-corrected chi connectivity index (χ2v) is 6.03. The van der Waals surface area contributed by atoms with Crippen molar-refractivity contribution in [2.24, 2.45) is 5.41 Å². The first kappa shape index (κ1) is 12.8. The van der Waals surface area contributed by atoms with Crippen molar-refractivity contribution in [3.63, 3.8) is 0 Å². The highest BCUT2D eigenvalue weighted by molar-refractivity contribution is 14.1. The quantitative estimate of drug-likeness (QED) is 0.539. The molecule has 0 aliphatic heterocycles. The normalized spacial score (nSPS) is 11.4. The van der Waals surface area contributed by atoms with E-state index in [1.54, 1.807) is 0 Å². The van der Waals surface area contributed by atoms with E-state index in [0.29, 0.717) is 5.41 Å². The highest BCUT2D eigenvalue weighted by Gasteiger charge is 2.15. The topological polar surface area (TPSA) is 0 Å². The van der Waals surface area contributed by atoms with Crippen LogP contribution < -0.4 is 0 Å². The van der Waals surface area contributed by atoms with Crippen LogP contribution >= 0.6 is 22.6 Å². The molecule has 0 atom stereocenters. The summed E-state index contributed by atoms with van der Waals surface area (Å²) in [5, 5.41) is 0. The van der Waals surface area contributed by atoms with Crippen LogP contribution in [0.15, 0.2) is 36.9 Å². The van der Waals surface area contributed by atoms with Crippen LogP contribution in [0.3, 0.4) is 0 Å². The largest absolute Gasteiger partial charge is 0.103 e. The summed E-state index contributed by atoms with van der Waals surface area (Å²) in [6.45, 7) is 8.43. The lowest BCUT2D eigenvalue weighted by Crippen LogP contribution is -2.11. The average Bonchev–Trinajstić information content (AvgIpc) is 2.17. The van der Waals surface area contributed by atoms with Crippen LogP contribution in [-0.4, -0.2) is 0 Å². The number of benzene rings is 1. The number of hydrogen-bond acceptors (Lipinski definition) is 0. The van der Waals surface area contributed by atoms with Gasteiger partial charge in [0.2, 0.25) is 0 Å². The molecule has 0 heterocycles. The summed E-state index contributed by atoms with van der Waals surface area (Å²) in [6, 6.07) is 8.81. The van der Waals surface area contributed by atoms with Gasteiger partial charge in [0, 0.05) is 3.57 Å². The zero-order chi connectivity index (χ0) is 11.3. The first-order valence-electron chi connectivity index (χ1n) is 5.39. The molecule has 0 spiro atoms. The first-order chi connectivity index (χ1) is 7.03. The standard InChI is InChI=1S/C14H19I/c1-4-10-14(2,3)11-9-12-5-7-13(15)8-6-12/h4-8H,1,9-11H2,2-3H3.